The van der Waals surface area contributed by atoms with Crippen LogP contribution in [0.2, 0.25) is 0 Å². The van der Waals surface area contributed by atoms with Crippen LogP contribution in [-0.4, -0.2) is 49.3 Å². The van der Waals surface area contributed by atoms with Gasteiger partial charge in [-0.05, 0) is 12.8 Å². The number of hydrogen-bond acceptors (Lipinski definition) is 8. The molecule has 0 radical (unpaired) electrons. The van der Waals surface area contributed by atoms with E-state index in [0.29, 0.717) is 6.42 Å². The summed E-state index contributed by atoms with van der Waals surface area (Å²) in [5, 5.41) is 0. The third kappa shape index (κ3) is 36.6. The molecule has 0 bridgehead atoms. The quantitative estimate of drug-likeness (QED) is 0.0361. The Balaban J connectivity index is 4.14. The minimum atomic E-state index is -4.36. The van der Waals surface area contributed by atoms with Crippen LogP contribution in [0.3, 0.4) is 0 Å². The van der Waals surface area contributed by atoms with Gasteiger partial charge in [-0.15, -0.1) is 0 Å². The molecule has 9 nitrogen and oxygen atoms in total. The first-order valence-electron chi connectivity index (χ1n) is 20.5. The second-order valence-electron chi connectivity index (χ2n) is 13.9. The number of unbranched alkanes of at least 4 members (excludes halogenated alkanes) is 26. The first-order valence-corrected chi connectivity index (χ1v) is 22.0. The molecule has 292 valence electrons. The molecule has 0 saturated carbocycles. The highest BCUT2D eigenvalue weighted by Gasteiger charge is 2.26. The lowest BCUT2D eigenvalue weighted by Crippen LogP contribution is -2.29. The van der Waals surface area contributed by atoms with Gasteiger partial charge in [0.05, 0.1) is 13.2 Å². The van der Waals surface area contributed by atoms with Crippen molar-refractivity contribution in [2.24, 2.45) is 5.73 Å². The second kappa shape index (κ2) is 36.8. The Kier molecular flexibility index (Phi) is 36.0. The molecule has 0 amide bonds. The van der Waals surface area contributed by atoms with Crippen molar-refractivity contribution in [2.45, 2.75) is 213 Å². The topological polar surface area (TPSA) is 134 Å². The number of ether oxygens (including phenoxy) is 2. The van der Waals surface area contributed by atoms with Crippen LogP contribution in [0, 0.1) is 0 Å². The van der Waals surface area contributed by atoms with Gasteiger partial charge in [-0.1, -0.05) is 181 Å². The highest BCUT2D eigenvalue weighted by Crippen LogP contribution is 2.43. The maximum Gasteiger partial charge on any atom is 0.472 e. The van der Waals surface area contributed by atoms with E-state index < -0.39 is 26.5 Å². The standard InChI is InChI=1S/C39H78NO8P/c1-3-5-7-9-11-13-15-17-19-21-23-25-27-29-31-38(41)45-35-37(36-47-49(43,44)46-34-33-40)48-39(42)32-30-28-26-24-22-20-18-16-14-12-10-8-6-4-2/h37H,3-36,40H2,1-2H3,(H,43,44)/t37-/m0/s1. The Bertz CT molecular complexity index is 784. The molecule has 0 aromatic rings. The van der Waals surface area contributed by atoms with E-state index >= 15 is 0 Å². The van der Waals surface area contributed by atoms with Gasteiger partial charge in [0.2, 0.25) is 0 Å². The Morgan fingerprint density at radius 3 is 1.24 bits per heavy atom. The van der Waals surface area contributed by atoms with Crippen molar-refractivity contribution in [2.75, 3.05) is 26.4 Å². The molecule has 49 heavy (non-hydrogen) atoms. The molecular weight excluding hydrogens is 641 g/mol. The van der Waals surface area contributed by atoms with Gasteiger partial charge in [0.1, 0.15) is 6.61 Å². The summed E-state index contributed by atoms with van der Waals surface area (Å²) in [7, 11) is -4.36. The van der Waals surface area contributed by atoms with Gasteiger partial charge in [-0.3, -0.25) is 18.6 Å². The van der Waals surface area contributed by atoms with Crippen LogP contribution in [0.1, 0.15) is 206 Å². The van der Waals surface area contributed by atoms with Crippen molar-refractivity contribution >= 4 is 19.8 Å². The smallest absolute Gasteiger partial charge is 0.462 e. The average molecular weight is 720 g/mol. The molecule has 0 spiro atoms. The second-order valence-corrected chi connectivity index (χ2v) is 15.3. The Morgan fingerprint density at radius 2 is 0.878 bits per heavy atom. The summed E-state index contributed by atoms with van der Waals surface area (Å²) in [6, 6.07) is 0. The summed E-state index contributed by atoms with van der Waals surface area (Å²) >= 11 is 0. The SMILES string of the molecule is CCCCCCCCCCCCCCCCC(=O)OC[C@@H](COP(=O)(O)OCCN)OC(=O)CCCCCCCCCCCCCCCC. The van der Waals surface area contributed by atoms with Gasteiger partial charge in [-0.25, -0.2) is 4.57 Å². The molecule has 0 aliphatic rings. The van der Waals surface area contributed by atoms with Crippen LogP contribution in [0.4, 0.5) is 0 Å². The van der Waals surface area contributed by atoms with Gasteiger partial charge in [0, 0.05) is 19.4 Å². The first kappa shape index (κ1) is 48.0. The molecule has 0 aromatic carbocycles. The van der Waals surface area contributed by atoms with Gasteiger partial charge < -0.3 is 20.1 Å². The fraction of sp³-hybridized carbons (Fsp3) is 0.949. The van der Waals surface area contributed by atoms with E-state index in [1.165, 1.54) is 141 Å². The molecule has 0 fully saturated rings. The third-order valence-electron chi connectivity index (χ3n) is 8.99. The van der Waals surface area contributed by atoms with Crippen molar-refractivity contribution in [3.63, 3.8) is 0 Å². The minimum Gasteiger partial charge on any atom is -0.462 e. The number of phosphoric ester groups is 1. The maximum absolute atomic E-state index is 12.5. The lowest BCUT2D eigenvalue weighted by molar-refractivity contribution is -0.161. The predicted molar refractivity (Wildman–Crippen MR) is 201 cm³/mol. The zero-order chi connectivity index (χ0) is 36.1. The molecule has 0 aromatic heterocycles. The van der Waals surface area contributed by atoms with E-state index in [9.17, 15) is 19.0 Å². The molecule has 0 saturated heterocycles. The monoisotopic (exact) mass is 720 g/mol. The molecule has 0 rings (SSSR count). The van der Waals surface area contributed by atoms with Crippen LogP contribution in [0.15, 0.2) is 0 Å². The van der Waals surface area contributed by atoms with E-state index in [4.69, 9.17) is 24.3 Å². The van der Waals surface area contributed by atoms with E-state index in [2.05, 4.69) is 13.8 Å². The summed E-state index contributed by atoms with van der Waals surface area (Å²) in [5.41, 5.74) is 5.34. The molecule has 3 N–H and O–H groups in total. The van der Waals surface area contributed by atoms with E-state index in [1.54, 1.807) is 0 Å². The molecule has 0 aliphatic carbocycles. The van der Waals surface area contributed by atoms with E-state index in [1.807, 2.05) is 0 Å². The summed E-state index contributed by atoms with van der Waals surface area (Å²) in [5.74, 6) is -0.815. The van der Waals surface area contributed by atoms with Crippen LogP contribution in [-0.2, 0) is 32.7 Å². The Labute approximate surface area is 301 Å². The first-order chi connectivity index (χ1) is 23.8. The molecule has 0 heterocycles. The van der Waals surface area contributed by atoms with E-state index in [0.717, 1.165) is 32.1 Å². The maximum atomic E-state index is 12.5. The molecule has 2 atom stereocenters. The number of carbonyl (C=O) groups excluding carboxylic acids is 2. The van der Waals surface area contributed by atoms with E-state index in [-0.39, 0.29) is 38.6 Å². The molecule has 1 unspecified atom stereocenters. The van der Waals surface area contributed by atoms with Gasteiger partial charge in [-0.2, -0.15) is 0 Å². The lowest BCUT2D eigenvalue weighted by atomic mass is 10.0. The minimum absolute atomic E-state index is 0.0579. The molecule has 10 heteroatoms. The van der Waals surface area contributed by atoms with Crippen LogP contribution < -0.4 is 5.73 Å². The summed E-state index contributed by atoms with van der Waals surface area (Å²) in [4.78, 5) is 34.8. The Hall–Kier alpha value is -0.990. The van der Waals surface area contributed by atoms with Crippen molar-refractivity contribution in [1.29, 1.82) is 0 Å². The fourth-order valence-corrected chi connectivity index (χ4v) is 6.69. The average Bonchev–Trinajstić information content (AvgIpc) is 3.08. The fourth-order valence-electron chi connectivity index (χ4n) is 5.93. The zero-order valence-electron chi connectivity index (χ0n) is 31.9. The number of phosphoric acid groups is 1. The summed E-state index contributed by atoms with van der Waals surface area (Å²) in [6.45, 7) is 3.76. The van der Waals surface area contributed by atoms with Crippen molar-refractivity contribution < 1.29 is 37.6 Å². The zero-order valence-corrected chi connectivity index (χ0v) is 32.8. The third-order valence-corrected chi connectivity index (χ3v) is 9.98. The van der Waals surface area contributed by atoms with Crippen molar-refractivity contribution in [1.82, 2.24) is 0 Å². The molecular formula is C39H78NO8P. The molecule has 0 aliphatic heterocycles. The largest absolute Gasteiger partial charge is 0.472 e. The predicted octanol–water partition coefficient (Wildman–Crippen LogP) is 11.3. The van der Waals surface area contributed by atoms with Crippen molar-refractivity contribution in [3.8, 4) is 0 Å². The summed E-state index contributed by atoms with van der Waals surface area (Å²) in [6.07, 6.45) is 34.1. The summed E-state index contributed by atoms with van der Waals surface area (Å²) < 4.78 is 32.7. The van der Waals surface area contributed by atoms with Crippen molar-refractivity contribution in [3.05, 3.63) is 0 Å². The highest BCUT2D eigenvalue weighted by molar-refractivity contribution is 7.47. The lowest BCUT2D eigenvalue weighted by Gasteiger charge is -2.19. The number of hydrogen-bond donors (Lipinski definition) is 2. The number of carbonyl (C=O) groups is 2. The van der Waals surface area contributed by atoms with Gasteiger partial charge >= 0.3 is 19.8 Å². The van der Waals surface area contributed by atoms with Crippen LogP contribution >= 0.6 is 7.82 Å². The Morgan fingerprint density at radius 1 is 0.531 bits per heavy atom. The number of rotatable bonds is 39. The number of esters is 2. The van der Waals surface area contributed by atoms with Crippen LogP contribution in [0.5, 0.6) is 0 Å². The highest BCUT2D eigenvalue weighted by atomic mass is 31.2. The van der Waals surface area contributed by atoms with Gasteiger partial charge in [0.25, 0.3) is 0 Å². The van der Waals surface area contributed by atoms with Gasteiger partial charge in [0.15, 0.2) is 6.10 Å². The van der Waals surface area contributed by atoms with Crippen LogP contribution in [0.25, 0.3) is 0 Å². The normalized spacial score (nSPS) is 13.3. The number of nitrogens with two attached hydrogens (primary N) is 1.